The predicted octanol–water partition coefficient (Wildman–Crippen LogP) is 3.85. The van der Waals surface area contributed by atoms with Crippen molar-refractivity contribution in [2.75, 3.05) is 5.73 Å². The summed E-state index contributed by atoms with van der Waals surface area (Å²) in [4.78, 5) is 0. The Balaban J connectivity index is 3.60. The standard InChI is InChI=1S/C8H8Cl3N/c1-3-4(2)6(10)8(12)7(11)5(3)9/h12H2,1-2H3. The van der Waals surface area contributed by atoms with Gasteiger partial charge in [0.25, 0.3) is 0 Å². The van der Waals surface area contributed by atoms with Crippen molar-refractivity contribution in [2.45, 2.75) is 13.8 Å². The fourth-order valence-corrected chi connectivity index (χ4v) is 1.67. The molecule has 1 rings (SSSR count). The minimum absolute atomic E-state index is 0.338. The maximum absolute atomic E-state index is 5.89. The van der Waals surface area contributed by atoms with Gasteiger partial charge in [-0.15, -0.1) is 0 Å². The Morgan fingerprint density at radius 1 is 0.833 bits per heavy atom. The molecular weight excluding hydrogens is 216 g/mol. The lowest BCUT2D eigenvalue weighted by Crippen LogP contribution is -1.94. The van der Waals surface area contributed by atoms with E-state index in [-0.39, 0.29) is 0 Å². The fourth-order valence-electron chi connectivity index (χ4n) is 0.910. The summed E-state index contributed by atoms with van der Waals surface area (Å²) in [6, 6.07) is 0. The van der Waals surface area contributed by atoms with Crippen LogP contribution in [-0.4, -0.2) is 0 Å². The summed E-state index contributed by atoms with van der Waals surface area (Å²) < 4.78 is 0. The third kappa shape index (κ3) is 1.37. The molecule has 0 heterocycles. The molecule has 12 heavy (non-hydrogen) atoms. The van der Waals surface area contributed by atoms with E-state index in [9.17, 15) is 0 Å². The number of halogens is 3. The lowest BCUT2D eigenvalue weighted by atomic mass is 10.1. The van der Waals surface area contributed by atoms with Crippen molar-refractivity contribution in [1.82, 2.24) is 0 Å². The summed E-state index contributed by atoms with van der Waals surface area (Å²) in [5.74, 6) is 0. The first-order valence-corrected chi connectivity index (χ1v) is 4.49. The van der Waals surface area contributed by atoms with Crippen molar-refractivity contribution in [1.29, 1.82) is 0 Å². The summed E-state index contributed by atoms with van der Waals surface area (Å²) in [5, 5.41) is 1.31. The third-order valence-electron chi connectivity index (χ3n) is 1.89. The fraction of sp³-hybridized carbons (Fsp3) is 0.250. The predicted molar refractivity (Wildman–Crippen MR) is 55.4 cm³/mol. The van der Waals surface area contributed by atoms with Crippen molar-refractivity contribution in [3.05, 3.63) is 26.2 Å². The van der Waals surface area contributed by atoms with Gasteiger partial charge >= 0.3 is 0 Å². The van der Waals surface area contributed by atoms with Crippen molar-refractivity contribution < 1.29 is 0 Å². The van der Waals surface area contributed by atoms with Crippen LogP contribution in [0.4, 0.5) is 5.69 Å². The van der Waals surface area contributed by atoms with Crippen LogP contribution in [0.3, 0.4) is 0 Å². The lowest BCUT2D eigenvalue weighted by Gasteiger charge is -2.10. The SMILES string of the molecule is Cc1c(C)c(Cl)c(Cl)c(N)c1Cl. The van der Waals surface area contributed by atoms with E-state index in [0.29, 0.717) is 20.8 Å². The van der Waals surface area contributed by atoms with Gasteiger partial charge in [-0.25, -0.2) is 0 Å². The Labute approximate surface area is 86.4 Å². The summed E-state index contributed by atoms with van der Waals surface area (Å²) in [7, 11) is 0. The quantitative estimate of drug-likeness (QED) is 0.526. The number of hydrogen-bond donors (Lipinski definition) is 1. The zero-order valence-electron chi connectivity index (χ0n) is 6.71. The maximum atomic E-state index is 5.89. The van der Waals surface area contributed by atoms with E-state index in [0.717, 1.165) is 11.1 Å². The Morgan fingerprint density at radius 3 is 1.75 bits per heavy atom. The minimum atomic E-state index is 0.338. The molecule has 0 amide bonds. The van der Waals surface area contributed by atoms with Crippen molar-refractivity contribution >= 4 is 40.5 Å². The van der Waals surface area contributed by atoms with Gasteiger partial charge in [0, 0.05) is 0 Å². The van der Waals surface area contributed by atoms with E-state index in [1.807, 2.05) is 13.8 Å². The van der Waals surface area contributed by atoms with Gasteiger partial charge < -0.3 is 5.73 Å². The molecule has 0 aliphatic heterocycles. The normalized spacial score (nSPS) is 10.4. The van der Waals surface area contributed by atoms with E-state index >= 15 is 0 Å². The average Bonchev–Trinajstić information content (AvgIpc) is 2.08. The number of nitrogen functional groups attached to an aromatic ring is 1. The number of nitrogens with two attached hydrogens (primary N) is 1. The van der Waals surface area contributed by atoms with Crippen LogP contribution >= 0.6 is 34.8 Å². The molecule has 0 fully saturated rings. The molecular formula is C8H8Cl3N. The van der Waals surface area contributed by atoms with Crippen molar-refractivity contribution in [3.63, 3.8) is 0 Å². The first-order valence-electron chi connectivity index (χ1n) is 3.36. The van der Waals surface area contributed by atoms with Gasteiger partial charge in [0.2, 0.25) is 0 Å². The van der Waals surface area contributed by atoms with E-state index in [1.54, 1.807) is 0 Å². The number of anilines is 1. The number of benzene rings is 1. The molecule has 4 heteroatoms. The van der Waals surface area contributed by atoms with Crippen molar-refractivity contribution in [3.8, 4) is 0 Å². The first kappa shape index (κ1) is 9.97. The zero-order chi connectivity index (χ0) is 9.46. The second-order valence-corrected chi connectivity index (χ2v) is 3.74. The Morgan fingerprint density at radius 2 is 1.25 bits per heavy atom. The van der Waals surface area contributed by atoms with Crippen LogP contribution in [-0.2, 0) is 0 Å². The molecule has 1 nitrogen and oxygen atoms in total. The molecule has 0 spiro atoms. The molecule has 0 radical (unpaired) electrons. The molecule has 2 N–H and O–H groups in total. The Kier molecular flexibility index (Phi) is 2.77. The van der Waals surface area contributed by atoms with Gasteiger partial charge in [-0.1, -0.05) is 34.8 Å². The highest BCUT2D eigenvalue weighted by molar-refractivity contribution is 6.46. The largest absolute Gasteiger partial charge is 0.396 e. The van der Waals surface area contributed by atoms with Crippen molar-refractivity contribution in [2.24, 2.45) is 0 Å². The van der Waals surface area contributed by atoms with E-state index in [4.69, 9.17) is 40.5 Å². The lowest BCUT2D eigenvalue weighted by molar-refractivity contribution is 1.34. The van der Waals surface area contributed by atoms with Crippen LogP contribution < -0.4 is 5.73 Å². The average molecular weight is 225 g/mol. The molecule has 0 aliphatic rings. The molecule has 0 aliphatic carbocycles. The molecule has 0 saturated carbocycles. The summed E-state index contributed by atoms with van der Waals surface area (Å²) >= 11 is 17.6. The van der Waals surface area contributed by atoms with E-state index < -0.39 is 0 Å². The monoisotopic (exact) mass is 223 g/mol. The molecule has 0 aromatic heterocycles. The van der Waals surface area contributed by atoms with Gasteiger partial charge in [-0.2, -0.15) is 0 Å². The van der Waals surface area contributed by atoms with E-state index in [1.165, 1.54) is 0 Å². The minimum Gasteiger partial charge on any atom is -0.396 e. The Bertz CT molecular complexity index is 229. The zero-order valence-corrected chi connectivity index (χ0v) is 8.98. The van der Waals surface area contributed by atoms with Crippen LogP contribution in [0, 0.1) is 13.8 Å². The topological polar surface area (TPSA) is 26.0 Å². The first-order chi connectivity index (χ1) is 5.46. The highest BCUT2D eigenvalue weighted by Gasteiger charge is 2.13. The van der Waals surface area contributed by atoms with Crippen LogP contribution in [0.15, 0.2) is 0 Å². The van der Waals surface area contributed by atoms with Crippen LogP contribution in [0.25, 0.3) is 0 Å². The van der Waals surface area contributed by atoms with Gasteiger partial charge in [0.05, 0.1) is 20.8 Å². The molecule has 0 atom stereocenters. The smallest absolute Gasteiger partial charge is 0.0839 e. The third-order valence-corrected chi connectivity index (χ3v) is 3.34. The summed E-state index contributed by atoms with van der Waals surface area (Å²) in [5.41, 5.74) is 7.71. The molecule has 1 aromatic carbocycles. The molecule has 1 aromatic rings. The van der Waals surface area contributed by atoms with Gasteiger partial charge in [-0.3, -0.25) is 0 Å². The molecule has 0 unspecified atom stereocenters. The van der Waals surface area contributed by atoms with Crippen LogP contribution in [0.5, 0.6) is 0 Å². The van der Waals surface area contributed by atoms with Gasteiger partial charge in [0.15, 0.2) is 0 Å². The number of rotatable bonds is 0. The van der Waals surface area contributed by atoms with Gasteiger partial charge in [-0.05, 0) is 25.0 Å². The molecule has 0 saturated heterocycles. The highest BCUT2D eigenvalue weighted by atomic mass is 35.5. The van der Waals surface area contributed by atoms with Crippen LogP contribution in [0.2, 0.25) is 15.1 Å². The Hall–Kier alpha value is -0.110. The van der Waals surface area contributed by atoms with Crippen LogP contribution in [0.1, 0.15) is 11.1 Å². The van der Waals surface area contributed by atoms with E-state index in [2.05, 4.69) is 0 Å². The molecule has 66 valence electrons. The second-order valence-electron chi connectivity index (χ2n) is 2.61. The highest BCUT2D eigenvalue weighted by Crippen LogP contribution is 2.39. The maximum Gasteiger partial charge on any atom is 0.0839 e. The number of hydrogen-bond acceptors (Lipinski definition) is 1. The summed E-state index contributed by atoms with van der Waals surface area (Å²) in [6.45, 7) is 3.71. The van der Waals surface area contributed by atoms with Gasteiger partial charge in [0.1, 0.15) is 0 Å². The molecule has 0 bridgehead atoms. The second kappa shape index (κ2) is 3.33. The summed E-state index contributed by atoms with van der Waals surface area (Å²) in [6.07, 6.45) is 0.